The quantitative estimate of drug-likeness (QED) is 0.275. The van der Waals surface area contributed by atoms with Crippen molar-refractivity contribution in [3.63, 3.8) is 0 Å². The highest BCUT2D eigenvalue weighted by molar-refractivity contribution is 7.89. The van der Waals surface area contributed by atoms with Crippen molar-refractivity contribution >= 4 is 56.6 Å². The number of nitrogens with one attached hydrogen (secondary N) is 1. The summed E-state index contributed by atoms with van der Waals surface area (Å²) in [5.74, 6) is -0.950. The van der Waals surface area contributed by atoms with Gasteiger partial charge in [0.2, 0.25) is 21.8 Å². The smallest absolute Gasteiger partial charge is 0.243 e. The molecule has 0 aliphatic heterocycles. The summed E-state index contributed by atoms with van der Waals surface area (Å²) < 4.78 is 27.4. The lowest BCUT2D eigenvalue weighted by Gasteiger charge is -2.33. The van der Waals surface area contributed by atoms with Gasteiger partial charge in [-0.3, -0.25) is 9.59 Å². The average molecular weight is 625 g/mol. The Hall–Kier alpha value is -2.62. The molecule has 0 bridgehead atoms. The van der Waals surface area contributed by atoms with Gasteiger partial charge in [-0.15, -0.1) is 0 Å². The highest BCUT2D eigenvalue weighted by Gasteiger charge is 2.34. The van der Waals surface area contributed by atoms with Crippen LogP contribution in [0.3, 0.4) is 0 Å². The number of sulfonamides is 1. The molecule has 2 atom stereocenters. The summed E-state index contributed by atoms with van der Waals surface area (Å²) >= 11 is 18.8. The molecule has 214 valence electrons. The lowest BCUT2D eigenvalue weighted by Crippen LogP contribution is -2.54. The molecule has 0 radical (unpaired) electrons. The molecule has 0 aromatic heterocycles. The summed E-state index contributed by atoms with van der Waals surface area (Å²) in [7, 11) is -2.71. The average Bonchev–Trinajstić information content (AvgIpc) is 2.92. The van der Waals surface area contributed by atoms with E-state index in [2.05, 4.69) is 5.32 Å². The van der Waals surface area contributed by atoms with Crippen LogP contribution < -0.4 is 5.32 Å². The first-order valence-electron chi connectivity index (χ1n) is 12.7. The summed E-state index contributed by atoms with van der Waals surface area (Å²) in [6.07, 6.45) is 0.890. The molecule has 3 aromatic carbocycles. The van der Waals surface area contributed by atoms with Crippen LogP contribution >= 0.6 is 34.8 Å². The lowest BCUT2D eigenvalue weighted by atomic mass is 10.0. The van der Waals surface area contributed by atoms with Gasteiger partial charge in [0.15, 0.2) is 0 Å². The molecule has 1 N–H and O–H groups in total. The normalized spacial score (nSPS) is 13.1. The van der Waals surface area contributed by atoms with Gasteiger partial charge in [0.1, 0.15) is 6.04 Å². The van der Waals surface area contributed by atoms with Gasteiger partial charge >= 0.3 is 0 Å². The van der Waals surface area contributed by atoms with Crippen molar-refractivity contribution < 1.29 is 18.0 Å². The minimum absolute atomic E-state index is 0.0109. The number of halogens is 3. The predicted molar refractivity (Wildman–Crippen MR) is 160 cm³/mol. The highest BCUT2D eigenvalue weighted by atomic mass is 35.5. The van der Waals surface area contributed by atoms with Gasteiger partial charge in [-0.1, -0.05) is 78.1 Å². The minimum Gasteiger partial charge on any atom is -0.352 e. The van der Waals surface area contributed by atoms with Gasteiger partial charge in [-0.25, -0.2) is 8.42 Å². The molecule has 0 spiro atoms. The number of likely N-dealkylation sites (N-methyl/N-ethyl adjacent to an activating group) is 1. The Morgan fingerprint density at radius 1 is 0.900 bits per heavy atom. The van der Waals surface area contributed by atoms with E-state index in [-0.39, 0.29) is 29.8 Å². The number of hydrogen-bond acceptors (Lipinski definition) is 4. The Balaban J connectivity index is 2.02. The molecular weight excluding hydrogens is 593 g/mol. The second kappa shape index (κ2) is 14.3. The van der Waals surface area contributed by atoms with Gasteiger partial charge in [0.05, 0.1) is 11.4 Å². The first kappa shape index (κ1) is 31.9. The fourth-order valence-corrected chi connectivity index (χ4v) is 5.76. The fraction of sp³-hybridized carbons (Fsp3) is 0.310. The van der Waals surface area contributed by atoms with Crippen LogP contribution in [-0.2, 0) is 32.6 Å². The van der Waals surface area contributed by atoms with Crippen molar-refractivity contribution in [1.82, 2.24) is 14.5 Å². The van der Waals surface area contributed by atoms with Crippen LogP contribution in [0.25, 0.3) is 0 Å². The van der Waals surface area contributed by atoms with Gasteiger partial charge in [-0.2, -0.15) is 4.31 Å². The SMILES string of the molecule is CC[C@@H](C)NC(=O)[C@@H](Cc1ccccc1)N(Cc1c(Cl)cccc1Cl)C(=O)CN(C)S(=O)(=O)c1ccc(Cl)cc1. The van der Waals surface area contributed by atoms with E-state index >= 15 is 0 Å². The molecule has 3 rings (SSSR count). The third kappa shape index (κ3) is 8.21. The standard InChI is InChI=1S/C29H32Cl3N3O4S/c1-4-20(2)33-29(37)27(17-21-9-6-5-7-10-21)35(18-24-25(31)11-8-12-26(24)32)28(36)19-34(3)40(38,39)23-15-13-22(30)14-16-23/h5-16,20,27H,4,17-19H2,1-3H3,(H,33,37)/t20-,27-/m1/s1. The van der Waals surface area contributed by atoms with Gasteiger partial charge in [0.25, 0.3) is 0 Å². The van der Waals surface area contributed by atoms with Crippen molar-refractivity contribution in [1.29, 1.82) is 0 Å². The van der Waals surface area contributed by atoms with Crippen LogP contribution in [0.1, 0.15) is 31.4 Å². The number of hydrogen-bond donors (Lipinski definition) is 1. The minimum atomic E-state index is -4.03. The van der Waals surface area contributed by atoms with Crippen LogP contribution in [0.4, 0.5) is 0 Å². The summed E-state index contributed by atoms with van der Waals surface area (Å²) in [4.78, 5) is 28.9. The Morgan fingerprint density at radius 3 is 2.08 bits per heavy atom. The van der Waals surface area contributed by atoms with E-state index in [1.165, 1.54) is 36.2 Å². The zero-order chi connectivity index (χ0) is 29.4. The zero-order valence-corrected chi connectivity index (χ0v) is 25.6. The third-order valence-corrected chi connectivity index (χ3v) is 9.32. The number of amides is 2. The Labute approximate surface area is 251 Å². The molecule has 0 saturated heterocycles. The predicted octanol–water partition coefficient (Wildman–Crippen LogP) is 5.82. The zero-order valence-electron chi connectivity index (χ0n) is 22.5. The molecule has 3 aromatic rings. The van der Waals surface area contributed by atoms with Crippen molar-refractivity contribution in [2.45, 2.75) is 50.2 Å². The fourth-order valence-electron chi connectivity index (χ4n) is 4.00. The van der Waals surface area contributed by atoms with E-state index in [1.807, 2.05) is 44.2 Å². The Kier molecular flexibility index (Phi) is 11.4. The van der Waals surface area contributed by atoms with E-state index in [9.17, 15) is 18.0 Å². The van der Waals surface area contributed by atoms with Crippen molar-refractivity contribution in [3.05, 3.63) is 99.0 Å². The molecule has 0 unspecified atom stereocenters. The van der Waals surface area contributed by atoms with E-state index in [0.717, 1.165) is 9.87 Å². The summed E-state index contributed by atoms with van der Waals surface area (Å²) in [6.45, 7) is 3.20. The summed E-state index contributed by atoms with van der Waals surface area (Å²) in [5.41, 5.74) is 1.29. The molecule has 0 heterocycles. The molecule has 0 aliphatic rings. The van der Waals surface area contributed by atoms with Gasteiger partial charge < -0.3 is 10.2 Å². The second-order valence-corrected chi connectivity index (χ2v) is 12.8. The van der Waals surface area contributed by atoms with E-state index < -0.39 is 28.5 Å². The number of rotatable bonds is 12. The van der Waals surface area contributed by atoms with Crippen molar-refractivity contribution in [3.8, 4) is 0 Å². The van der Waals surface area contributed by atoms with Crippen LogP contribution in [0.2, 0.25) is 15.1 Å². The molecule has 0 fully saturated rings. The third-order valence-electron chi connectivity index (χ3n) is 6.54. The van der Waals surface area contributed by atoms with Crippen molar-refractivity contribution in [2.75, 3.05) is 13.6 Å². The van der Waals surface area contributed by atoms with Crippen LogP contribution in [0, 0.1) is 0 Å². The molecule has 40 heavy (non-hydrogen) atoms. The van der Waals surface area contributed by atoms with Gasteiger partial charge in [0, 0.05) is 46.7 Å². The van der Waals surface area contributed by atoms with Crippen LogP contribution in [0.15, 0.2) is 77.7 Å². The van der Waals surface area contributed by atoms with E-state index in [0.29, 0.717) is 27.1 Å². The second-order valence-electron chi connectivity index (χ2n) is 9.46. The lowest BCUT2D eigenvalue weighted by molar-refractivity contribution is -0.141. The largest absolute Gasteiger partial charge is 0.352 e. The van der Waals surface area contributed by atoms with E-state index in [4.69, 9.17) is 34.8 Å². The maximum atomic E-state index is 13.9. The molecule has 11 heteroatoms. The first-order chi connectivity index (χ1) is 18.9. The number of carbonyl (C=O) groups is 2. The Bertz CT molecular complexity index is 1400. The summed E-state index contributed by atoms with van der Waals surface area (Å²) in [6, 6.07) is 18.8. The number of benzene rings is 3. The maximum Gasteiger partial charge on any atom is 0.243 e. The van der Waals surface area contributed by atoms with Gasteiger partial charge in [-0.05, 0) is 55.3 Å². The monoisotopic (exact) mass is 623 g/mol. The molecule has 2 amide bonds. The van der Waals surface area contributed by atoms with Crippen LogP contribution in [0.5, 0.6) is 0 Å². The molecule has 0 aliphatic carbocycles. The Morgan fingerprint density at radius 2 is 1.50 bits per heavy atom. The summed E-state index contributed by atoms with van der Waals surface area (Å²) in [5, 5.41) is 4.01. The molecular formula is C29H32Cl3N3O4S. The number of nitrogens with zero attached hydrogens (tertiary/aromatic N) is 2. The topological polar surface area (TPSA) is 86.8 Å². The molecule has 7 nitrogen and oxygen atoms in total. The number of carbonyl (C=O) groups excluding carboxylic acids is 2. The van der Waals surface area contributed by atoms with Crippen LogP contribution in [-0.4, -0.2) is 55.1 Å². The maximum absolute atomic E-state index is 13.9. The first-order valence-corrected chi connectivity index (χ1v) is 15.3. The van der Waals surface area contributed by atoms with Crippen molar-refractivity contribution in [2.24, 2.45) is 0 Å². The molecule has 0 saturated carbocycles. The highest BCUT2D eigenvalue weighted by Crippen LogP contribution is 2.28. The van der Waals surface area contributed by atoms with E-state index in [1.54, 1.807) is 18.2 Å².